The average Bonchev–Trinajstić information content (AvgIpc) is 3.71. The van der Waals surface area contributed by atoms with E-state index in [4.69, 9.17) is 25.6 Å². The molecule has 10 nitrogen and oxygen atoms in total. The summed E-state index contributed by atoms with van der Waals surface area (Å²) < 4.78 is 115. The Labute approximate surface area is 317 Å². The van der Waals surface area contributed by atoms with Crippen molar-refractivity contribution in [2.75, 3.05) is 18.5 Å². The second kappa shape index (κ2) is 17.8. The lowest BCUT2D eigenvalue weighted by Gasteiger charge is -2.21. The van der Waals surface area contributed by atoms with Crippen molar-refractivity contribution >= 4 is 54.9 Å². The molecule has 0 saturated heterocycles. The molecule has 0 radical (unpaired) electrons. The fraction of sp³-hybridized carbons (Fsp3) is 0.189. The lowest BCUT2D eigenvalue weighted by molar-refractivity contribution is -0.0499. The van der Waals surface area contributed by atoms with Gasteiger partial charge in [-0.1, -0.05) is 61.5 Å². The van der Waals surface area contributed by atoms with Gasteiger partial charge in [-0.2, -0.15) is 21.6 Å². The zero-order chi connectivity index (χ0) is 39.8. The van der Waals surface area contributed by atoms with E-state index in [0.29, 0.717) is 22.4 Å². The zero-order valence-corrected chi connectivity index (χ0v) is 31.9. The molecule has 5 aromatic rings. The molecule has 0 amide bonds. The second-order valence-corrected chi connectivity index (χ2v) is 14.0. The van der Waals surface area contributed by atoms with Crippen LogP contribution in [0.4, 0.5) is 23.4 Å². The van der Waals surface area contributed by atoms with Gasteiger partial charge in [-0.05, 0) is 66.6 Å². The van der Waals surface area contributed by atoms with E-state index in [9.17, 15) is 30.2 Å². The largest absolute Gasteiger partial charge is 0.534 e. The van der Waals surface area contributed by atoms with Crippen molar-refractivity contribution in [1.29, 1.82) is 0 Å². The third-order valence-electron chi connectivity index (χ3n) is 7.53. The van der Waals surface area contributed by atoms with E-state index < -0.39 is 38.2 Å². The number of pyridine rings is 1. The van der Waals surface area contributed by atoms with Gasteiger partial charge < -0.3 is 18.2 Å². The van der Waals surface area contributed by atoms with Crippen LogP contribution in [0.3, 0.4) is 0 Å². The molecule has 54 heavy (non-hydrogen) atoms. The van der Waals surface area contributed by atoms with Gasteiger partial charge in [-0.15, -0.1) is 0 Å². The normalized spacial score (nSPS) is 12.8. The van der Waals surface area contributed by atoms with E-state index in [1.54, 1.807) is 37.3 Å². The molecule has 0 N–H and O–H groups in total. The number of anilines is 1. The molecule has 2 aromatic heterocycles. The Balaban J connectivity index is 0.00000319. The summed E-state index contributed by atoms with van der Waals surface area (Å²) in [7, 11) is -5.40. The molecule has 5 rings (SSSR count). The van der Waals surface area contributed by atoms with E-state index in [1.165, 1.54) is 67.3 Å². The van der Waals surface area contributed by atoms with Crippen molar-refractivity contribution in [2.45, 2.75) is 37.7 Å². The van der Waals surface area contributed by atoms with Crippen LogP contribution in [0.5, 0.6) is 17.2 Å². The quantitative estimate of drug-likeness (QED) is 0.0495. The molecule has 0 spiro atoms. The van der Waals surface area contributed by atoms with Crippen LogP contribution in [0.25, 0.3) is 27.6 Å². The van der Waals surface area contributed by atoms with Gasteiger partial charge in [0.1, 0.15) is 23.6 Å². The number of aromatic nitrogens is 2. The molecule has 1 unspecified atom stereocenters. The highest BCUT2D eigenvalue weighted by atomic mass is 35.5. The van der Waals surface area contributed by atoms with E-state index in [0.717, 1.165) is 12.3 Å². The summed E-state index contributed by atoms with van der Waals surface area (Å²) in [5.41, 5.74) is -3.96. The topological polar surface area (TPSA) is 121 Å². The number of allylic oxidation sites excluding steroid dienone is 5. The van der Waals surface area contributed by atoms with E-state index >= 15 is 0 Å². The molecule has 3 aromatic carbocycles. The van der Waals surface area contributed by atoms with Crippen LogP contribution in [0.2, 0.25) is 5.02 Å². The van der Waals surface area contributed by atoms with Gasteiger partial charge in [0.05, 0.1) is 37.6 Å². The number of methoxy groups -OCH3 is 2. The first-order chi connectivity index (χ1) is 25.7. The molecular formula is C37H34ClF4N3O7S2. The first-order valence-corrected chi connectivity index (χ1v) is 18.8. The van der Waals surface area contributed by atoms with Crippen LogP contribution < -0.4 is 18.0 Å². The Hall–Kier alpha value is -5.19. The number of benzene rings is 3. The lowest BCUT2D eigenvalue weighted by Crippen LogP contribution is -2.28. The fourth-order valence-corrected chi connectivity index (χ4v) is 6.91. The number of hydrogen-bond acceptors (Lipinski definition) is 9. The maximum absolute atomic E-state index is 14.2. The smallest absolute Gasteiger partial charge is 0.497 e. The van der Waals surface area contributed by atoms with Gasteiger partial charge in [0, 0.05) is 33.0 Å². The summed E-state index contributed by atoms with van der Waals surface area (Å²) in [6.07, 6.45) is 5.92. The number of halogens is 5. The highest BCUT2D eigenvalue weighted by molar-refractivity contribution is 7.88. The molecule has 0 bridgehead atoms. The number of fused-ring (bicyclic) bond motifs is 1. The van der Waals surface area contributed by atoms with Gasteiger partial charge in [0.25, 0.3) is 0 Å². The Morgan fingerprint density at radius 1 is 1.02 bits per heavy atom. The summed E-state index contributed by atoms with van der Waals surface area (Å²) in [4.78, 5) is 4.29. The predicted octanol–water partition coefficient (Wildman–Crippen LogP) is 9.99. The van der Waals surface area contributed by atoms with Crippen molar-refractivity contribution in [1.82, 2.24) is 10.1 Å². The predicted molar refractivity (Wildman–Crippen MR) is 201 cm³/mol. The third-order valence-corrected chi connectivity index (χ3v) is 10.2. The molecule has 0 saturated carbocycles. The molecule has 1 atom stereocenters. The molecule has 17 heteroatoms. The first-order valence-electron chi connectivity index (χ1n) is 15.9. The summed E-state index contributed by atoms with van der Waals surface area (Å²) >= 11 is 6.67. The van der Waals surface area contributed by atoms with E-state index in [1.807, 2.05) is 13.8 Å². The lowest BCUT2D eigenvalue weighted by atomic mass is 9.98. The maximum atomic E-state index is 14.2. The summed E-state index contributed by atoms with van der Waals surface area (Å²) in [6.45, 7) is 9.12. The number of rotatable bonds is 13. The van der Waals surface area contributed by atoms with Crippen LogP contribution in [-0.4, -0.2) is 42.5 Å². The molecular weight excluding hydrogens is 774 g/mol. The van der Waals surface area contributed by atoms with E-state index in [2.05, 4.69) is 20.9 Å². The van der Waals surface area contributed by atoms with Crippen LogP contribution >= 0.6 is 11.6 Å². The fourth-order valence-electron chi connectivity index (χ4n) is 4.99. The standard InChI is InChI=1S/C35H28ClF4N3O7S2.C2H6/c1-5-22(15-23(37)6-2)27-18-31(48-4)29(17-30(27)36)34-26-12-11-25(16-28(26)32(19-41-34)50-52(45,46)35(38,39)40)51(44)43(33-13-14-49-42-33)20-21-7-9-24(47-3)10-8-21;1-2/h5-19H,2,20H2,1,3-4H3;1-2H3/b22-5+,23-15+;. The average molecular weight is 808 g/mol. The number of alkyl halides is 3. The Bertz CT molecular complexity index is 2320. The SMILES string of the molecule is C=C/C(F)=C\C(=C/C)c1cc(OC)c(-c2ncc(OS(=O)(=O)C(F)(F)F)c3cc(S(=O)N(Cc4ccc(OC)cc4)c4ccon4)ccc23)cc1Cl.CC. The highest BCUT2D eigenvalue weighted by Crippen LogP contribution is 2.43. The van der Waals surface area contributed by atoms with Crippen LogP contribution in [0.15, 0.2) is 113 Å². The van der Waals surface area contributed by atoms with Gasteiger partial charge in [-0.3, -0.25) is 9.29 Å². The Morgan fingerprint density at radius 2 is 1.72 bits per heavy atom. The van der Waals surface area contributed by atoms with E-state index in [-0.39, 0.29) is 50.1 Å². The molecule has 0 fully saturated rings. The summed E-state index contributed by atoms with van der Waals surface area (Å²) in [5, 5.41) is 3.94. The van der Waals surface area contributed by atoms with Crippen molar-refractivity contribution in [3.8, 4) is 28.5 Å². The summed E-state index contributed by atoms with van der Waals surface area (Å²) in [6, 6.07) is 15.4. The molecule has 2 heterocycles. The second-order valence-electron chi connectivity index (χ2n) is 10.7. The Kier molecular flexibility index (Phi) is 13.7. The van der Waals surface area contributed by atoms with Gasteiger partial charge in [0.2, 0.25) is 0 Å². The molecule has 286 valence electrons. The summed E-state index contributed by atoms with van der Waals surface area (Å²) in [5.74, 6) is -0.472. The van der Waals surface area contributed by atoms with Crippen LogP contribution in [0.1, 0.15) is 31.9 Å². The number of nitrogens with zero attached hydrogens (tertiary/aromatic N) is 3. The van der Waals surface area contributed by atoms with Gasteiger partial charge in [-0.25, -0.2) is 8.60 Å². The third kappa shape index (κ3) is 9.12. The number of ether oxygens (including phenoxy) is 2. The zero-order valence-electron chi connectivity index (χ0n) is 29.5. The van der Waals surface area contributed by atoms with Crippen molar-refractivity contribution in [2.24, 2.45) is 0 Å². The monoisotopic (exact) mass is 807 g/mol. The van der Waals surface area contributed by atoms with Gasteiger partial charge in [0.15, 0.2) is 22.6 Å². The minimum absolute atomic E-state index is 0.0320. The minimum Gasteiger partial charge on any atom is -0.497 e. The highest BCUT2D eigenvalue weighted by Gasteiger charge is 2.49. The van der Waals surface area contributed by atoms with Crippen molar-refractivity contribution in [3.05, 3.63) is 120 Å². The molecule has 0 aliphatic heterocycles. The first kappa shape index (κ1) is 41.6. The Morgan fingerprint density at radius 3 is 2.30 bits per heavy atom. The van der Waals surface area contributed by atoms with Gasteiger partial charge >= 0.3 is 15.6 Å². The minimum atomic E-state index is -6.16. The van der Waals surface area contributed by atoms with Crippen molar-refractivity contribution in [3.63, 3.8) is 0 Å². The van der Waals surface area contributed by atoms with Crippen LogP contribution in [-0.2, 0) is 27.6 Å². The number of hydrogen-bond donors (Lipinski definition) is 0. The molecule has 0 aliphatic rings. The van der Waals surface area contributed by atoms with Crippen LogP contribution in [0, 0.1) is 0 Å². The van der Waals surface area contributed by atoms with Crippen molar-refractivity contribution < 1.29 is 48.4 Å². The maximum Gasteiger partial charge on any atom is 0.534 e. The molecule has 0 aliphatic carbocycles.